The van der Waals surface area contributed by atoms with Crippen LogP contribution in [-0.4, -0.2) is 17.3 Å². The van der Waals surface area contributed by atoms with Gasteiger partial charge in [0.15, 0.2) is 0 Å². The Bertz CT molecular complexity index is 640. The van der Waals surface area contributed by atoms with Crippen LogP contribution in [0.5, 0.6) is 0 Å². The Morgan fingerprint density at radius 3 is 2.76 bits per heavy atom. The third kappa shape index (κ3) is 3.65. The minimum absolute atomic E-state index is 0.0393. The molecule has 0 aromatic heterocycles. The van der Waals surface area contributed by atoms with Crippen LogP contribution in [0.1, 0.15) is 36.0 Å². The Hall–Kier alpha value is -1.35. The van der Waals surface area contributed by atoms with Gasteiger partial charge in [-0.15, -0.1) is 0 Å². The first-order valence-electron chi connectivity index (χ1n) is 7.63. The molecule has 1 aliphatic carbocycles. The first-order valence-corrected chi connectivity index (χ1v) is 8.55. The summed E-state index contributed by atoms with van der Waals surface area (Å²) in [7, 11) is 0. The van der Waals surface area contributed by atoms with E-state index < -0.39 is 0 Å². The Morgan fingerprint density at radius 1 is 1.14 bits per heavy atom. The summed E-state index contributed by atoms with van der Waals surface area (Å²) in [6.07, 6.45) is 4.90. The van der Waals surface area contributed by atoms with E-state index >= 15 is 0 Å². The zero-order chi connectivity index (χ0) is 14.7. The molecule has 1 aliphatic rings. The smallest absolute Gasteiger partial charge is 0.251 e. The fourth-order valence-corrected chi connectivity index (χ4v) is 3.93. The molecule has 0 bridgehead atoms. The number of alkyl halides is 1. The highest BCUT2D eigenvalue weighted by atomic mass is 79.9. The number of rotatable bonds is 3. The molecule has 3 rings (SSSR count). The maximum Gasteiger partial charge on any atom is 0.251 e. The van der Waals surface area contributed by atoms with Crippen molar-refractivity contribution in [2.75, 3.05) is 6.54 Å². The van der Waals surface area contributed by atoms with Crippen molar-refractivity contribution in [3.8, 4) is 0 Å². The molecule has 2 nitrogen and oxygen atoms in total. The van der Waals surface area contributed by atoms with E-state index in [1.54, 1.807) is 0 Å². The average molecular weight is 346 g/mol. The molecule has 2 unspecified atom stereocenters. The molecule has 1 fully saturated rings. The number of halogens is 1. The molecule has 2 aromatic rings. The maximum absolute atomic E-state index is 12.3. The monoisotopic (exact) mass is 345 g/mol. The third-order valence-corrected chi connectivity index (χ3v) is 5.11. The van der Waals surface area contributed by atoms with Crippen LogP contribution in [-0.2, 0) is 0 Å². The molecule has 1 amide bonds. The predicted octanol–water partition coefficient (Wildman–Crippen LogP) is 4.52. The summed E-state index contributed by atoms with van der Waals surface area (Å²) in [6, 6.07) is 14.0. The molecular formula is C18H20BrNO. The number of carbonyl (C=O) groups excluding carboxylic acids is 1. The summed E-state index contributed by atoms with van der Waals surface area (Å²) < 4.78 is 0. The van der Waals surface area contributed by atoms with Gasteiger partial charge in [0, 0.05) is 16.9 Å². The average Bonchev–Trinajstić information content (AvgIpc) is 2.52. The summed E-state index contributed by atoms with van der Waals surface area (Å²) in [5, 5.41) is 5.38. The number of fused-ring (bicyclic) bond motifs is 1. The topological polar surface area (TPSA) is 29.1 Å². The lowest BCUT2D eigenvalue weighted by molar-refractivity contribution is 0.0944. The van der Waals surface area contributed by atoms with Gasteiger partial charge in [0.1, 0.15) is 0 Å². The second-order valence-corrected chi connectivity index (χ2v) is 7.20. The van der Waals surface area contributed by atoms with E-state index in [-0.39, 0.29) is 5.91 Å². The lowest BCUT2D eigenvalue weighted by atomic mass is 9.89. The number of hydrogen-bond donors (Lipinski definition) is 1. The van der Waals surface area contributed by atoms with Crippen molar-refractivity contribution >= 4 is 32.6 Å². The molecule has 1 saturated carbocycles. The number of benzene rings is 2. The van der Waals surface area contributed by atoms with Gasteiger partial charge in [-0.25, -0.2) is 0 Å². The van der Waals surface area contributed by atoms with Gasteiger partial charge >= 0.3 is 0 Å². The lowest BCUT2D eigenvalue weighted by Crippen LogP contribution is -2.31. The van der Waals surface area contributed by atoms with Crippen molar-refractivity contribution in [1.82, 2.24) is 5.32 Å². The number of carbonyl (C=O) groups is 1. The van der Waals surface area contributed by atoms with E-state index in [1.165, 1.54) is 24.6 Å². The summed E-state index contributed by atoms with van der Waals surface area (Å²) in [5.41, 5.74) is 0.750. The molecule has 1 N–H and O–H groups in total. The lowest BCUT2D eigenvalue weighted by Gasteiger charge is -2.25. The van der Waals surface area contributed by atoms with E-state index in [1.807, 2.05) is 36.4 Å². The highest BCUT2D eigenvalue weighted by Gasteiger charge is 2.20. The number of nitrogens with one attached hydrogen (secondary N) is 1. The second-order valence-electron chi connectivity index (χ2n) is 5.90. The van der Waals surface area contributed by atoms with Gasteiger partial charge in [-0.05, 0) is 48.1 Å². The fourth-order valence-electron chi connectivity index (χ4n) is 3.08. The molecule has 21 heavy (non-hydrogen) atoms. The van der Waals surface area contributed by atoms with Crippen LogP contribution in [0.15, 0.2) is 42.5 Å². The van der Waals surface area contributed by atoms with Gasteiger partial charge in [0.25, 0.3) is 5.91 Å². The SMILES string of the molecule is O=C(NCC1CCCC(Br)C1)c1ccc2ccccc2c1. The molecule has 0 aliphatic heterocycles. The van der Waals surface area contributed by atoms with Gasteiger partial charge in [-0.2, -0.15) is 0 Å². The van der Waals surface area contributed by atoms with E-state index in [2.05, 4.69) is 27.3 Å². The molecule has 110 valence electrons. The quantitative estimate of drug-likeness (QED) is 0.814. The Kier molecular flexibility index (Phi) is 4.59. The Morgan fingerprint density at radius 2 is 1.95 bits per heavy atom. The largest absolute Gasteiger partial charge is 0.352 e. The molecular weight excluding hydrogens is 326 g/mol. The summed E-state index contributed by atoms with van der Waals surface area (Å²) in [4.78, 5) is 12.9. The minimum atomic E-state index is 0.0393. The number of amides is 1. The van der Waals surface area contributed by atoms with E-state index in [0.29, 0.717) is 10.7 Å². The standard InChI is InChI=1S/C18H20BrNO/c19-17-7-3-4-13(10-17)12-20-18(21)16-9-8-14-5-1-2-6-15(14)11-16/h1-2,5-6,8-9,11,13,17H,3-4,7,10,12H2,(H,20,21). The van der Waals surface area contributed by atoms with Crippen LogP contribution in [0.3, 0.4) is 0 Å². The van der Waals surface area contributed by atoms with Crippen LogP contribution in [0.2, 0.25) is 0 Å². The molecule has 2 atom stereocenters. The van der Waals surface area contributed by atoms with Crippen LogP contribution in [0, 0.1) is 5.92 Å². The van der Waals surface area contributed by atoms with Gasteiger partial charge in [-0.1, -0.05) is 52.7 Å². The van der Waals surface area contributed by atoms with Crippen molar-refractivity contribution in [2.45, 2.75) is 30.5 Å². The van der Waals surface area contributed by atoms with E-state index in [4.69, 9.17) is 0 Å². The van der Waals surface area contributed by atoms with Gasteiger partial charge in [0.2, 0.25) is 0 Å². The van der Waals surface area contributed by atoms with Crippen molar-refractivity contribution in [3.05, 3.63) is 48.0 Å². The van der Waals surface area contributed by atoms with E-state index in [0.717, 1.165) is 23.9 Å². The molecule has 3 heteroatoms. The number of hydrogen-bond acceptors (Lipinski definition) is 1. The molecule has 0 heterocycles. The third-order valence-electron chi connectivity index (χ3n) is 4.28. The zero-order valence-corrected chi connectivity index (χ0v) is 13.6. The van der Waals surface area contributed by atoms with Crippen molar-refractivity contribution < 1.29 is 4.79 Å². The van der Waals surface area contributed by atoms with Gasteiger partial charge in [0.05, 0.1) is 0 Å². The minimum Gasteiger partial charge on any atom is -0.352 e. The predicted molar refractivity (Wildman–Crippen MR) is 91.0 cm³/mol. The molecule has 2 aromatic carbocycles. The Balaban J connectivity index is 1.63. The fraction of sp³-hybridized carbons (Fsp3) is 0.389. The Labute approximate surface area is 134 Å². The maximum atomic E-state index is 12.3. The summed E-state index contributed by atoms with van der Waals surface area (Å²) in [6.45, 7) is 0.785. The molecule has 0 radical (unpaired) electrons. The van der Waals surface area contributed by atoms with Crippen LogP contribution >= 0.6 is 15.9 Å². The summed E-state index contributed by atoms with van der Waals surface area (Å²) in [5.74, 6) is 0.644. The molecule has 0 saturated heterocycles. The first kappa shape index (κ1) is 14.6. The highest BCUT2D eigenvalue weighted by Crippen LogP contribution is 2.28. The summed E-state index contributed by atoms with van der Waals surface area (Å²) >= 11 is 3.70. The van der Waals surface area contributed by atoms with E-state index in [9.17, 15) is 4.79 Å². The van der Waals surface area contributed by atoms with Crippen molar-refractivity contribution in [2.24, 2.45) is 5.92 Å². The van der Waals surface area contributed by atoms with Crippen molar-refractivity contribution in [3.63, 3.8) is 0 Å². The van der Waals surface area contributed by atoms with Crippen LogP contribution < -0.4 is 5.32 Å². The first-order chi connectivity index (χ1) is 10.2. The normalized spacial score (nSPS) is 22.1. The van der Waals surface area contributed by atoms with Crippen LogP contribution in [0.4, 0.5) is 0 Å². The zero-order valence-electron chi connectivity index (χ0n) is 12.0. The van der Waals surface area contributed by atoms with Crippen molar-refractivity contribution in [1.29, 1.82) is 0 Å². The van der Waals surface area contributed by atoms with Gasteiger partial charge < -0.3 is 5.32 Å². The highest BCUT2D eigenvalue weighted by molar-refractivity contribution is 9.09. The van der Waals surface area contributed by atoms with Gasteiger partial charge in [-0.3, -0.25) is 4.79 Å². The van der Waals surface area contributed by atoms with Crippen LogP contribution in [0.25, 0.3) is 10.8 Å². The second kappa shape index (κ2) is 6.61. The molecule has 0 spiro atoms.